The van der Waals surface area contributed by atoms with Crippen molar-refractivity contribution >= 4 is 11.9 Å². The van der Waals surface area contributed by atoms with Gasteiger partial charge in [0.2, 0.25) is 0 Å². The van der Waals surface area contributed by atoms with Gasteiger partial charge in [-0.15, -0.1) is 0 Å². The van der Waals surface area contributed by atoms with Gasteiger partial charge in [-0.3, -0.25) is 9.78 Å². The Labute approximate surface area is 226 Å². The number of hydrogen-bond acceptors (Lipinski definition) is 8. The standard InChI is InChI=1S/C29H32N2O8/c1-3-18-4-6-19(7-5-18)16-39-25-9-8-20(12-26(25)37-2)21-14-31(15-21)28(34)23-13-22(10-11-30-23)38-17-24(32)27(33)29(35)36/h4-13,21,24,27,32-33H,3,14-17H2,1-2H3,(H,35,36)/t24-,27+/m1/s1. The Kier molecular flexibility index (Phi) is 9.00. The highest BCUT2D eigenvalue weighted by Gasteiger charge is 2.33. The van der Waals surface area contributed by atoms with Gasteiger partial charge in [0.25, 0.3) is 5.91 Å². The van der Waals surface area contributed by atoms with Gasteiger partial charge in [-0.05, 0) is 41.3 Å². The number of methoxy groups -OCH3 is 1. The van der Waals surface area contributed by atoms with Crippen LogP contribution in [0.3, 0.4) is 0 Å². The zero-order valence-corrected chi connectivity index (χ0v) is 21.8. The number of hydrogen-bond donors (Lipinski definition) is 3. The zero-order valence-electron chi connectivity index (χ0n) is 21.8. The Morgan fingerprint density at radius 1 is 1.00 bits per heavy atom. The van der Waals surface area contributed by atoms with E-state index in [4.69, 9.17) is 19.3 Å². The van der Waals surface area contributed by atoms with Crippen molar-refractivity contribution in [3.05, 3.63) is 83.2 Å². The molecule has 2 atom stereocenters. The fraction of sp³-hybridized carbons (Fsp3) is 0.345. The van der Waals surface area contributed by atoms with Gasteiger partial charge < -0.3 is 34.4 Å². The van der Waals surface area contributed by atoms with E-state index in [0.717, 1.165) is 17.5 Å². The molecule has 1 aliphatic rings. The molecule has 4 rings (SSSR count). The monoisotopic (exact) mass is 536 g/mol. The zero-order chi connectivity index (χ0) is 27.9. The molecule has 1 aromatic heterocycles. The van der Waals surface area contributed by atoms with Crippen LogP contribution >= 0.6 is 0 Å². The molecule has 1 aliphatic heterocycles. The van der Waals surface area contributed by atoms with Crippen molar-refractivity contribution in [2.75, 3.05) is 26.8 Å². The predicted molar refractivity (Wildman–Crippen MR) is 141 cm³/mol. The van der Waals surface area contributed by atoms with Crippen LogP contribution in [0.25, 0.3) is 0 Å². The quantitative estimate of drug-likeness (QED) is 0.319. The maximum Gasteiger partial charge on any atom is 0.335 e. The number of aliphatic hydroxyl groups is 2. The van der Waals surface area contributed by atoms with Gasteiger partial charge in [0, 0.05) is 31.3 Å². The number of amides is 1. The SMILES string of the molecule is CCc1ccc(COc2ccc(C3CN(C(=O)c4cc(OC[C@@H](O)[C@H](O)C(=O)O)ccn4)C3)cc2OC)cc1. The molecule has 1 saturated heterocycles. The number of aliphatic hydroxyl groups excluding tert-OH is 2. The summed E-state index contributed by atoms with van der Waals surface area (Å²) in [6.07, 6.45) is -1.21. The number of ether oxygens (including phenoxy) is 3. The molecule has 10 heteroatoms. The van der Waals surface area contributed by atoms with Crippen LogP contribution < -0.4 is 14.2 Å². The number of likely N-dealkylation sites (tertiary alicyclic amines) is 1. The highest BCUT2D eigenvalue weighted by atomic mass is 16.5. The average Bonchev–Trinajstić information content (AvgIpc) is 2.94. The number of carboxylic acids is 1. The van der Waals surface area contributed by atoms with Crippen molar-refractivity contribution in [1.82, 2.24) is 9.88 Å². The Balaban J connectivity index is 1.32. The Bertz CT molecular complexity index is 1290. The summed E-state index contributed by atoms with van der Waals surface area (Å²) >= 11 is 0. The van der Waals surface area contributed by atoms with Crippen LogP contribution in [0.2, 0.25) is 0 Å². The number of carbonyl (C=O) groups is 2. The highest BCUT2D eigenvalue weighted by Crippen LogP contribution is 2.35. The summed E-state index contributed by atoms with van der Waals surface area (Å²) in [7, 11) is 1.60. The molecule has 0 aliphatic carbocycles. The smallest absolute Gasteiger partial charge is 0.335 e. The molecule has 10 nitrogen and oxygen atoms in total. The topological polar surface area (TPSA) is 139 Å². The van der Waals surface area contributed by atoms with E-state index in [9.17, 15) is 19.8 Å². The first-order valence-electron chi connectivity index (χ1n) is 12.6. The Morgan fingerprint density at radius 2 is 1.72 bits per heavy atom. The summed E-state index contributed by atoms with van der Waals surface area (Å²) in [5.41, 5.74) is 3.54. The molecular formula is C29H32N2O8. The van der Waals surface area contributed by atoms with Gasteiger partial charge in [-0.2, -0.15) is 0 Å². The molecule has 3 N–H and O–H groups in total. The molecule has 1 amide bonds. The van der Waals surface area contributed by atoms with Crippen LogP contribution in [-0.4, -0.2) is 76.1 Å². The van der Waals surface area contributed by atoms with Crippen molar-refractivity contribution in [1.29, 1.82) is 0 Å². The van der Waals surface area contributed by atoms with Gasteiger partial charge in [0.1, 0.15) is 30.8 Å². The fourth-order valence-electron chi connectivity index (χ4n) is 4.16. The molecule has 1 fully saturated rings. The third-order valence-corrected chi connectivity index (χ3v) is 6.64. The van der Waals surface area contributed by atoms with E-state index in [1.807, 2.05) is 18.2 Å². The van der Waals surface area contributed by atoms with E-state index >= 15 is 0 Å². The van der Waals surface area contributed by atoms with E-state index in [1.54, 1.807) is 12.0 Å². The van der Waals surface area contributed by atoms with Crippen LogP contribution in [0.4, 0.5) is 0 Å². The maximum absolute atomic E-state index is 12.9. The minimum atomic E-state index is -1.97. The summed E-state index contributed by atoms with van der Waals surface area (Å²) in [5.74, 6) is -0.196. The minimum Gasteiger partial charge on any atom is -0.493 e. The van der Waals surface area contributed by atoms with Crippen molar-refractivity contribution in [3.63, 3.8) is 0 Å². The van der Waals surface area contributed by atoms with E-state index in [1.165, 1.54) is 23.9 Å². The lowest BCUT2D eigenvalue weighted by Gasteiger charge is -2.39. The molecule has 0 radical (unpaired) electrons. The highest BCUT2D eigenvalue weighted by molar-refractivity contribution is 5.93. The number of aryl methyl sites for hydroxylation is 1. The number of nitrogens with zero attached hydrogens (tertiary/aromatic N) is 2. The lowest BCUT2D eigenvalue weighted by Crippen LogP contribution is -2.48. The van der Waals surface area contributed by atoms with Gasteiger partial charge in [-0.1, -0.05) is 37.3 Å². The second-order valence-corrected chi connectivity index (χ2v) is 9.31. The summed E-state index contributed by atoms with van der Waals surface area (Å²) in [6.45, 7) is 3.10. The third-order valence-electron chi connectivity index (χ3n) is 6.64. The number of carboxylic acid groups (broad SMARTS) is 1. The van der Waals surface area contributed by atoms with E-state index < -0.39 is 24.8 Å². The second-order valence-electron chi connectivity index (χ2n) is 9.31. The molecule has 0 unspecified atom stereocenters. The van der Waals surface area contributed by atoms with Gasteiger partial charge in [0.05, 0.1) is 7.11 Å². The van der Waals surface area contributed by atoms with Crippen molar-refractivity contribution in [2.24, 2.45) is 0 Å². The summed E-state index contributed by atoms with van der Waals surface area (Å²) < 4.78 is 16.9. The maximum atomic E-state index is 12.9. The number of pyridine rings is 1. The van der Waals surface area contributed by atoms with E-state index in [0.29, 0.717) is 31.2 Å². The molecule has 39 heavy (non-hydrogen) atoms. The van der Waals surface area contributed by atoms with Crippen LogP contribution in [0, 0.1) is 0 Å². The summed E-state index contributed by atoms with van der Waals surface area (Å²) in [5, 5.41) is 27.8. The molecule has 206 valence electrons. The minimum absolute atomic E-state index is 0.130. The first-order valence-corrected chi connectivity index (χ1v) is 12.6. The normalized spacial score (nSPS) is 14.7. The predicted octanol–water partition coefficient (Wildman–Crippen LogP) is 2.66. The fourth-order valence-corrected chi connectivity index (χ4v) is 4.16. The molecule has 2 heterocycles. The molecule has 0 spiro atoms. The average molecular weight is 537 g/mol. The number of aliphatic carboxylic acids is 1. The Morgan fingerprint density at radius 3 is 2.38 bits per heavy atom. The first-order chi connectivity index (χ1) is 18.8. The first kappa shape index (κ1) is 27.9. The third kappa shape index (κ3) is 6.84. The van der Waals surface area contributed by atoms with Crippen molar-refractivity contribution in [2.45, 2.75) is 38.1 Å². The number of carbonyl (C=O) groups excluding carboxylic acids is 1. The van der Waals surface area contributed by atoms with Gasteiger partial charge in [0.15, 0.2) is 17.6 Å². The Hall–Kier alpha value is -4.15. The van der Waals surface area contributed by atoms with Crippen LogP contribution in [0.1, 0.15) is 40.0 Å². The number of aromatic nitrogens is 1. The largest absolute Gasteiger partial charge is 0.493 e. The van der Waals surface area contributed by atoms with Crippen LogP contribution in [-0.2, 0) is 17.8 Å². The lowest BCUT2D eigenvalue weighted by molar-refractivity contribution is -0.153. The van der Waals surface area contributed by atoms with Gasteiger partial charge >= 0.3 is 5.97 Å². The van der Waals surface area contributed by atoms with E-state index in [2.05, 4.69) is 36.2 Å². The van der Waals surface area contributed by atoms with Crippen LogP contribution in [0.15, 0.2) is 60.8 Å². The second kappa shape index (κ2) is 12.6. The molecule has 0 bridgehead atoms. The lowest BCUT2D eigenvalue weighted by atomic mass is 9.91. The van der Waals surface area contributed by atoms with Crippen molar-refractivity contribution < 1.29 is 39.1 Å². The summed E-state index contributed by atoms with van der Waals surface area (Å²) in [4.78, 5) is 29.5. The number of benzene rings is 2. The summed E-state index contributed by atoms with van der Waals surface area (Å²) in [6, 6.07) is 17.0. The molecule has 3 aromatic rings. The van der Waals surface area contributed by atoms with E-state index in [-0.39, 0.29) is 23.3 Å². The number of rotatable bonds is 12. The molecular weight excluding hydrogens is 504 g/mol. The van der Waals surface area contributed by atoms with Crippen LogP contribution in [0.5, 0.6) is 17.2 Å². The molecule has 0 saturated carbocycles. The molecule has 2 aromatic carbocycles. The van der Waals surface area contributed by atoms with Gasteiger partial charge in [-0.25, -0.2) is 4.79 Å². The van der Waals surface area contributed by atoms with Crippen molar-refractivity contribution in [3.8, 4) is 17.2 Å².